The van der Waals surface area contributed by atoms with Crippen LogP contribution in [0.25, 0.3) is 0 Å². The third kappa shape index (κ3) is 1.60. The molecule has 4 heteroatoms. The normalized spacial score (nSPS) is 31.2. The molecule has 1 N–H and O–H groups in total. The molecular weight excluding hydrogens is 220 g/mol. The zero-order valence-corrected chi connectivity index (χ0v) is 10.6. The van der Waals surface area contributed by atoms with Crippen molar-refractivity contribution in [3.8, 4) is 0 Å². The second kappa shape index (κ2) is 3.52. The fraction of sp³-hybridized carbons (Fsp3) is 0.750. The van der Waals surface area contributed by atoms with Crippen LogP contribution in [-0.2, 0) is 4.74 Å². The van der Waals surface area contributed by atoms with E-state index in [2.05, 4.69) is 29.6 Å². The van der Waals surface area contributed by atoms with Gasteiger partial charge < -0.3 is 10.1 Å². The molecule has 1 saturated heterocycles. The molecule has 2 fully saturated rings. The summed E-state index contributed by atoms with van der Waals surface area (Å²) in [5.41, 5.74) is 0.468. The zero-order valence-electron chi connectivity index (χ0n) is 9.82. The van der Waals surface area contributed by atoms with Gasteiger partial charge in [-0.1, -0.05) is 13.8 Å². The van der Waals surface area contributed by atoms with Gasteiger partial charge in [0.2, 0.25) is 0 Å². The Hall–Kier alpha value is -0.450. The Labute approximate surface area is 100 Å². The van der Waals surface area contributed by atoms with Gasteiger partial charge in [0.25, 0.3) is 0 Å². The van der Waals surface area contributed by atoms with E-state index in [1.165, 1.54) is 4.88 Å². The molecule has 2 aliphatic rings. The van der Waals surface area contributed by atoms with Crippen molar-refractivity contribution in [2.24, 2.45) is 5.41 Å². The Bertz CT molecular complexity index is 366. The summed E-state index contributed by atoms with van der Waals surface area (Å²) in [4.78, 5) is 1.32. The molecule has 0 radical (unpaired) electrons. The van der Waals surface area contributed by atoms with Gasteiger partial charge >= 0.3 is 0 Å². The fourth-order valence-electron chi connectivity index (χ4n) is 3.34. The van der Waals surface area contributed by atoms with E-state index in [1.807, 2.05) is 6.20 Å². The highest BCUT2D eigenvalue weighted by molar-refractivity contribution is 7.05. The Morgan fingerprint density at radius 1 is 1.50 bits per heavy atom. The molecule has 1 aromatic rings. The standard InChI is InChI=1S/C12H18N2OS/c1-11(2)7-12(8-11)10(13-5-6-15-12)9-3-4-14-16-9/h3-4,10,13H,5-8H2,1-2H3. The third-order valence-electron chi connectivity index (χ3n) is 3.66. The summed E-state index contributed by atoms with van der Waals surface area (Å²) in [7, 11) is 0. The number of nitrogens with one attached hydrogen (secondary N) is 1. The van der Waals surface area contributed by atoms with Gasteiger partial charge in [-0.15, -0.1) is 0 Å². The van der Waals surface area contributed by atoms with Gasteiger partial charge in [0.15, 0.2) is 0 Å². The SMILES string of the molecule is CC1(C)CC2(C1)OCCNC2c1ccns1. The van der Waals surface area contributed by atoms with Gasteiger partial charge in [0.05, 0.1) is 18.2 Å². The second-order valence-corrected chi connectivity index (χ2v) is 6.60. The first-order valence-corrected chi connectivity index (χ1v) is 6.67. The van der Waals surface area contributed by atoms with Gasteiger partial charge in [-0.3, -0.25) is 0 Å². The molecule has 1 spiro atoms. The number of hydrogen-bond acceptors (Lipinski definition) is 4. The minimum Gasteiger partial charge on any atom is -0.372 e. The summed E-state index contributed by atoms with van der Waals surface area (Å²) in [6.07, 6.45) is 4.18. The Morgan fingerprint density at radius 2 is 2.31 bits per heavy atom. The third-order valence-corrected chi connectivity index (χ3v) is 4.47. The van der Waals surface area contributed by atoms with Crippen LogP contribution in [0.15, 0.2) is 12.3 Å². The first-order chi connectivity index (χ1) is 7.61. The molecule has 3 rings (SSSR count). The van der Waals surface area contributed by atoms with Crippen LogP contribution in [0.2, 0.25) is 0 Å². The van der Waals surface area contributed by atoms with E-state index in [1.54, 1.807) is 11.5 Å². The Kier molecular flexibility index (Phi) is 2.35. The van der Waals surface area contributed by atoms with Crippen molar-refractivity contribution < 1.29 is 4.74 Å². The average Bonchev–Trinajstić information content (AvgIpc) is 2.68. The van der Waals surface area contributed by atoms with Gasteiger partial charge in [0, 0.05) is 17.6 Å². The number of rotatable bonds is 1. The van der Waals surface area contributed by atoms with Crippen LogP contribution in [-0.4, -0.2) is 23.1 Å². The topological polar surface area (TPSA) is 34.1 Å². The minimum absolute atomic E-state index is 0.0360. The summed E-state index contributed by atoms with van der Waals surface area (Å²) in [6.45, 7) is 6.43. The summed E-state index contributed by atoms with van der Waals surface area (Å²) in [5, 5.41) is 3.60. The van der Waals surface area contributed by atoms with Crippen molar-refractivity contribution in [2.45, 2.75) is 38.3 Å². The first kappa shape index (κ1) is 10.7. The maximum absolute atomic E-state index is 6.09. The van der Waals surface area contributed by atoms with Gasteiger partial charge in [-0.2, -0.15) is 0 Å². The van der Waals surface area contributed by atoms with Crippen LogP contribution in [0.1, 0.15) is 37.6 Å². The van der Waals surface area contributed by atoms with Crippen molar-refractivity contribution in [2.75, 3.05) is 13.2 Å². The van der Waals surface area contributed by atoms with E-state index < -0.39 is 0 Å². The highest BCUT2D eigenvalue weighted by Crippen LogP contribution is 2.56. The second-order valence-electron chi connectivity index (χ2n) is 5.73. The van der Waals surface area contributed by atoms with E-state index in [0.29, 0.717) is 11.5 Å². The lowest BCUT2D eigenvalue weighted by atomic mass is 9.58. The molecule has 3 nitrogen and oxygen atoms in total. The van der Waals surface area contributed by atoms with E-state index in [4.69, 9.17) is 4.74 Å². The summed E-state index contributed by atoms with van der Waals surface area (Å²) in [5.74, 6) is 0. The number of nitrogens with zero attached hydrogens (tertiary/aromatic N) is 1. The van der Waals surface area contributed by atoms with Crippen molar-refractivity contribution in [1.29, 1.82) is 0 Å². The summed E-state index contributed by atoms with van der Waals surface area (Å²) in [6, 6.07) is 2.46. The number of ether oxygens (including phenoxy) is 1. The van der Waals surface area contributed by atoms with Gasteiger partial charge in [0.1, 0.15) is 0 Å². The van der Waals surface area contributed by atoms with E-state index in [9.17, 15) is 0 Å². The van der Waals surface area contributed by atoms with Crippen molar-refractivity contribution >= 4 is 11.5 Å². The van der Waals surface area contributed by atoms with Crippen LogP contribution in [0, 0.1) is 5.41 Å². The van der Waals surface area contributed by atoms with E-state index in [0.717, 1.165) is 26.0 Å². The Balaban J connectivity index is 1.86. The molecule has 2 heterocycles. The largest absolute Gasteiger partial charge is 0.372 e. The summed E-state index contributed by atoms with van der Waals surface area (Å²) < 4.78 is 10.3. The summed E-state index contributed by atoms with van der Waals surface area (Å²) >= 11 is 1.59. The van der Waals surface area contributed by atoms with Crippen molar-refractivity contribution in [1.82, 2.24) is 9.69 Å². The molecule has 88 valence electrons. The Morgan fingerprint density at radius 3 is 2.94 bits per heavy atom. The predicted octanol–water partition coefficient (Wildman–Crippen LogP) is 2.36. The molecule has 1 unspecified atom stereocenters. The highest BCUT2D eigenvalue weighted by Gasteiger charge is 2.56. The lowest BCUT2D eigenvalue weighted by Crippen LogP contribution is -2.61. The highest BCUT2D eigenvalue weighted by atomic mass is 32.1. The van der Waals surface area contributed by atoms with Crippen LogP contribution in [0.3, 0.4) is 0 Å². The molecule has 1 aliphatic carbocycles. The van der Waals surface area contributed by atoms with Crippen molar-refractivity contribution in [3.05, 3.63) is 17.1 Å². The molecule has 1 aliphatic heterocycles. The fourth-order valence-corrected chi connectivity index (χ4v) is 4.10. The zero-order chi connectivity index (χ0) is 11.2. The van der Waals surface area contributed by atoms with E-state index in [-0.39, 0.29) is 5.60 Å². The smallest absolute Gasteiger partial charge is 0.0895 e. The number of hydrogen-bond donors (Lipinski definition) is 1. The van der Waals surface area contributed by atoms with E-state index >= 15 is 0 Å². The predicted molar refractivity (Wildman–Crippen MR) is 64.6 cm³/mol. The lowest BCUT2D eigenvalue weighted by Gasteiger charge is -2.58. The van der Waals surface area contributed by atoms with Crippen LogP contribution in [0.5, 0.6) is 0 Å². The molecule has 1 aromatic heterocycles. The van der Waals surface area contributed by atoms with Crippen LogP contribution < -0.4 is 5.32 Å². The first-order valence-electron chi connectivity index (χ1n) is 5.89. The van der Waals surface area contributed by atoms with Gasteiger partial charge in [-0.25, -0.2) is 4.37 Å². The van der Waals surface area contributed by atoms with Crippen LogP contribution >= 0.6 is 11.5 Å². The molecule has 0 bridgehead atoms. The number of morpholine rings is 1. The maximum atomic E-state index is 6.09. The lowest BCUT2D eigenvalue weighted by molar-refractivity contribution is -0.194. The molecule has 1 atom stereocenters. The maximum Gasteiger partial charge on any atom is 0.0895 e. The quantitative estimate of drug-likeness (QED) is 0.815. The molecule has 0 aromatic carbocycles. The monoisotopic (exact) mass is 238 g/mol. The molecule has 16 heavy (non-hydrogen) atoms. The van der Waals surface area contributed by atoms with Gasteiger partial charge in [-0.05, 0) is 35.9 Å². The average molecular weight is 238 g/mol. The minimum atomic E-state index is 0.0360. The van der Waals surface area contributed by atoms with Crippen LogP contribution in [0.4, 0.5) is 0 Å². The van der Waals surface area contributed by atoms with Crippen molar-refractivity contribution in [3.63, 3.8) is 0 Å². The molecular formula is C12H18N2OS. The molecule has 0 amide bonds. The number of aromatic nitrogens is 1. The molecule has 1 saturated carbocycles.